The van der Waals surface area contributed by atoms with Crippen molar-refractivity contribution < 1.29 is 38.2 Å². The molecule has 72 heavy (non-hydrogen) atoms. The van der Waals surface area contributed by atoms with E-state index in [-0.39, 0.29) is 76.3 Å². The standard InChI is InChI=1S/C27H30N4O5.C22H22N4O3.ClHN4.2H2S/c1-27(2,3)36-26(34)31(4)21(15-22(28)24(32)18-10-6-5-7-11-18)17-35-25(33)30-23-14-19-12-8-9-13-20(19)16-29-23;1-24-18(12-19(23)21(27)15-7-3-2-4-8-15)14-29-22(28)26-20-11-16-9-5-6-10-17(16)13-25-20;1-3-5-4-2;;/h5-14,16,21,28H,15,17H2,1-4H3,(H,29,30,33);2-11,13,18,23-24H,12,14H2,1H3,(H,25,26,28);2H;2*1H2/t21-;18-;;;/m00.../s1. The Labute approximate surface area is 435 Å². The van der Waals surface area contributed by atoms with E-state index in [1.54, 1.807) is 107 Å². The summed E-state index contributed by atoms with van der Waals surface area (Å²) in [4.78, 5) is 71.9. The zero-order chi connectivity index (χ0) is 51.1. The van der Waals surface area contributed by atoms with Gasteiger partial charge in [0.2, 0.25) is 11.6 Å². The summed E-state index contributed by atoms with van der Waals surface area (Å²) in [7, 11) is 3.17. The number of carbonyl (C=O) groups is 5. The zero-order valence-electron chi connectivity index (χ0n) is 40.0. The Bertz CT molecular complexity index is 2810. The normalized spacial score (nSPS) is 11.2. The fourth-order valence-corrected chi connectivity index (χ4v) is 6.21. The van der Waals surface area contributed by atoms with Crippen LogP contribution in [0, 0.1) is 16.3 Å². The van der Waals surface area contributed by atoms with Crippen LogP contribution in [0.2, 0.25) is 0 Å². The number of likely N-dealkylation sites (N-methyl/N-ethyl adjacent to an activating group) is 2. The largest absolute Gasteiger partial charge is 0.448 e. The number of aromatic nitrogens is 2. The topological polar surface area (TPSA) is 287 Å². The van der Waals surface area contributed by atoms with Crippen molar-refractivity contribution in [3.05, 3.63) is 145 Å². The minimum atomic E-state index is -0.810. The van der Waals surface area contributed by atoms with Crippen LogP contribution in [0.1, 0.15) is 54.3 Å². The molecule has 0 spiro atoms. The summed E-state index contributed by atoms with van der Waals surface area (Å²) in [6, 6.07) is 34.7. The third-order valence-electron chi connectivity index (χ3n) is 9.77. The van der Waals surface area contributed by atoms with Crippen LogP contribution in [0.4, 0.5) is 26.0 Å². The van der Waals surface area contributed by atoms with Crippen LogP contribution in [0.3, 0.4) is 0 Å². The van der Waals surface area contributed by atoms with Crippen LogP contribution in [0.25, 0.3) is 21.5 Å². The number of anilines is 2. The van der Waals surface area contributed by atoms with E-state index in [0.29, 0.717) is 22.8 Å². The van der Waals surface area contributed by atoms with Crippen molar-refractivity contribution >= 4 is 113 Å². The van der Waals surface area contributed by atoms with Crippen LogP contribution >= 0.6 is 38.8 Å². The molecule has 0 unspecified atom stereocenters. The number of pyridine rings is 2. The maximum absolute atomic E-state index is 12.7. The van der Waals surface area contributed by atoms with Crippen molar-refractivity contribution in [3.63, 3.8) is 0 Å². The molecule has 0 fully saturated rings. The summed E-state index contributed by atoms with van der Waals surface area (Å²) in [5.41, 5.74) is 5.70. The lowest BCUT2D eigenvalue weighted by molar-refractivity contribution is 0.0157. The molecule has 0 aliphatic carbocycles. The van der Waals surface area contributed by atoms with Crippen LogP contribution in [0.15, 0.2) is 149 Å². The van der Waals surface area contributed by atoms with Gasteiger partial charge in [0, 0.05) is 60.2 Å². The molecule has 20 nitrogen and oxygen atoms in total. The van der Waals surface area contributed by atoms with E-state index in [1.807, 2.05) is 54.6 Å². The zero-order valence-corrected chi connectivity index (χ0v) is 42.8. The lowest BCUT2D eigenvalue weighted by Crippen LogP contribution is -2.45. The second-order valence-corrected chi connectivity index (χ2v) is 16.2. The molecule has 23 heteroatoms. The molecular weight excluding hydrogens is 984 g/mol. The van der Waals surface area contributed by atoms with Crippen LogP contribution in [0.5, 0.6) is 0 Å². The summed E-state index contributed by atoms with van der Waals surface area (Å²) >= 11 is 4.55. The molecule has 6 rings (SSSR count). The molecule has 0 bridgehead atoms. The summed E-state index contributed by atoms with van der Waals surface area (Å²) < 4.78 is 18.6. The second-order valence-electron chi connectivity index (χ2n) is 16.0. The van der Waals surface area contributed by atoms with E-state index >= 15 is 0 Å². The van der Waals surface area contributed by atoms with E-state index in [9.17, 15) is 24.0 Å². The summed E-state index contributed by atoms with van der Waals surface area (Å²) in [5.74, 6) is -0.108. The number of Topliss-reactive ketones (excluding diaryl/α,β-unsaturated/α-hetero) is 2. The molecule has 6 N–H and O–H groups in total. The molecule has 2 aromatic heterocycles. The quantitative estimate of drug-likeness (QED) is 0.0164. The Kier molecular flexibility index (Phi) is 25.9. The van der Waals surface area contributed by atoms with E-state index in [0.717, 1.165) is 21.5 Å². The first-order valence-corrected chi connectivity index (χ1v) is 21.8. The summed E-state index contributed by atoms with van der Waals surface area (Å²) in [6.07, 6.45) is 1.25. The van der Waals surface area contributed by atoms with Gasteiger partial charge in [0.1, 0.15) is 30.5 Å². The van der Waals surface area contributed by atoms with Gasteiger partial charge in [-0.15, -0.1) is 0 Å². The lowest BCUT2D eigenvalue weighted by atomic mass is 10.0. The van der Waals surface area contributed by atoms with Gasteiger partial charge in [-0.3, -0.25) is 20.2 Å². The number of nitrogens with one attached hydrogen (secondary N) is 6. The number of carbonyl (C=O) groups excluding carboxylic acids is 5. The molecule has 0 saturated heterocycles. The predicted molar refractivity (Wildman–Crippen MR) is 287 cm³/mol. The molecule has 2 atom stereocenters. The number of hydrogen-bond acceptors (Lipinski definition) is 15. The number of halogens is 1. The number of amides is 3. The highest BCUT2D eigenvalue weighted by molar-refractivity contribution is 7.59. The Morgan fingerprint density at radius 3 is 1.49 bits per heavy atom. The van der Waals surface area contributed by atoms with Gasteiger partial charge in [0.25, 0.3) is 0 Å². The number of ketones is 2. The Hall–Kier alpha value is -7.66. The van der Waals surface area contributed by atoms with Gasteiger partial charge in [-0.1, -0.05) is 114 Å². The molecule has 0 aliphatic rings. The SMILES string of the molecule is CN(C(=O)OC(C)(C)C)[C@H](COC(=O)Nc1cc2ccccc2cn1)CC(=N)C(=O)c1ccccc1.CN[C@H](COC(=O)Nc1cc2ccccc2cn1)CC(=N)C(=O)c1ccccc1.N=NN=NCl.S.S. The Morgan fingerprint density at radius 1 is 0.667 bits per heavy atom. The van der Waals surface area contributed by atoms with Gasteiger partial charge in [-0.2, -0.15) is 32.5 Å². The average molecular weight is 1040 g/mol. The third-order valence-corrected chi connectivity index (χ3v) is 9.84. The van der Waals surface area contributed by atoms with Crippen molar-refractivity contribution in [2.45, 2.75) is 51.3 Å². The fourth-order valence-electron chi connectivity index (χ4n) is 6.18. The first-order chi connectivity index (χ1) is 33.5. The van der Waals surface area contributed by atoms with Gasteiger partial charge in [-0.25, -0.2) is 24.4 Å². The number of benzene rings is 4. The molecule has 3 amide bonds. The van der Waals surface area contributed by atoms with Gasteiger partial charge in [-0.05, 0) is 61.2 Å². The fraction of sp³-hybridized carbons (Fsp3) is 0.245. The van der Waals surface area contributed by atoms with Gasteiger partial charge in [0.15, 0.2) is 0 Å². The Balaban J connectivity index is 0.000000447. The molecular formula is C49H57ClN12O8S2. The molecule has 0 radical (unpaired) electrons. The highest BCUT2D eigenvalue weighted by Crippen LogP contribution is 2.19. The maximum atomic E-state index is 12.7. The summed E-state index contributed by atoms with van der Waals surface area (Å²) in [5, 5.41) is 33.4. The number of nitrogens with zero attached hydrogens (tertiary/aromatic N) is 6. The van der Waals surface area contributed by atoms with Crippen LogP contribution in [-0.4, -0.2) is 101 Å². The molecule has 0 aliphatic heterocycles. The van der Waals surface area contributed by atoms with Crippen molar-refractivity contribution in [2.75, 3.05) is 37.9 Å². The minimum absolute atomic E-state index is 0. The first-order valence-electron chi connectivity index (χ1n) is 21.4. The predicted octanol–water partition coefficient (Wildman–Crippen LogP) is 10.7. The maximum Gasteiger partial charge on any atom is 0.412 e. The molecule has 380 valence electrons. The minimum Gasteiger partial charge on any atom is -0.448 e. The highest BCUT2D eigenvalue weighted by Gasteiger charge is 2.29. The van der Waals surface area contributed by atoms with E-state index in [4.69, 9.17) is 30.6 Å². The molecule has 0 saturated carbocycles. The number of rotatable bonds is 17. The van der Waals surface area contributed by atoms with E-state index < -0.39 is 35.7 Å². The van der Waals surface area contributed by atoms with Crippen LogP contribution < -0.4 is 16.0 Å². The van der Waals surface area contributed by atoms with Crippen molar-refractivity contribution in [1.29, 1.82) is 16.3 Å². The van der Waals surface area contributed by atoms with Crippen molar-refractivity contribution in [2.24, 2.45) is 15.1 Å². The first kappa shape index (κ1) is 60.5. The highest BCUT2D eigenvalue weighted by atomic mass is 35.5. The van der Waals surface area contributed by atoms with Gasteiger partial charge < -0.3 is 35.2 Å². The van der Waals surface area contributed by atoms with Crippen LogP contribution in [-0.2, 0) is 14.2 Å². The van der Waals surface area contributed by atoms with Crippen molar-refractivity contribution in [3.8, 4) is 0 Å². The smallest absolute Gasteiger partial charge is 0.412 e. The van der Waals surface area contributed by atoms with Gasteiger partial charge in [0.05, 0.1) is 29.2 Å². The summed E-state index contributed by atoms with van der Waals surface area (Å²) in [6.45, 7) is 4.94. The molecule has 2 heterocycles. The number of fused-ring (bicyclic) bond motifs is 2. The Morgan fingerprint density at radius 2 is 1.08 bits per heavy atom. The second kappa shape index (κ2) is 30.8. The lowest BCUT2D eigenvalue weighted by Gasteiger charge is -2.30. The molecule has 4 aromatic carbocycles. The van der Waals surface area contributed by atoms with E-state index in [1.165, 1.54) is 11.9 Å². The van der Waals surface area contributed by atoms with Crippen molar-refractivity contribution in [1.82, 2.24) is 20.2 Å². The van der Waals surface area contributed by atoms with Gasteiger partial charge >= 0.3 is 18.3 Å². The average Bonchev–Trinajstić information content (AvgIpc) is 3.36. The number of hydrogen-bond donors (Lipinski definition) is 6. The monoisotopic (exact) mass is 1040 g/mol. The number of ether oxygens (including phenoxy) is 3. The third kappa shape index (κ3) is 20.4. The van der Waals surface area contributed by atoms with E-state index in [2.05, 4.69) is 52.8 Å². The molecule has 6 aromatic rings.